The molecule has 1 unspecified atom stereocenters. The van der Waals surface area contributed by atoms with Gasteiger partial charge in [0.15, 0.2) is 0 Å². The smallest absolute Gasteiger partial charge is 0.407 e. The molecule has 7 nitrogen and oxygen atoms in total. The van der Waals surface area contributed by atoms with Crippen molar-refractivity contribution in [1.29, 1.82) is 0 Å². The van der Waals surface area contributed by atoms with Crippen molar-refractivity contribution < 1.29 is 24.2 Å². The normalized spacial score (nSPS) is 13.6. The molecular weight excluding hydrogens is 420 g/mol. The first-order chi connectivity index (χ1) is 15.7. The molecule has 33 heavy (non-hydrogen) atoms. The molecule has 1 aliphatic carbocycles. The molecular formula is C26H32N2O5. The number of nitrogens with one attached hydrogen (secondary N) is 1. The molecule has 0 saturated heterocycles. The van der Waals surface area contributed by atoms with Gasteiger partial charge in [-0.25, -0.2) is 9.59 Å². The lowest BCUT2D eigenvalue weighted by Gasteiger charge is -2.34. The molecule has 3 rings (SSSR count). The molecule has 176 valence electrons. The molecule has 1 aliphatic rings. The van der Waals surface area contributed by atoms with E-state index in [0.717, 1.165) is 28.7 Å². The van der Waals surface area contributed by atoms with E-state index in [9.17, 15) is 19.5 Å². The summed E-state index contributed by atoms with van der Waals surface area (Å²) in [5.74, 6) is -1.65. The number of hydrogen-bond acceptors (Lipinski definition) is 4. The van der Waals surface area contributed by atoms with Crippen molar-refractivity contribution in [2.24, 2.45) is 0 Å². The van der Waals surface area contributed by atoms with Crippen molar-refractivity contribution in [3.8, 4) is 11.1 Å². The Balaban J connectivity index is 1.70. The van der Waals surface area contributed by atoms with Crippen molar-refractivity contribution in [2.45, 2.75) is 57.5 Å². The second kappa shape index (κ2) is 10.1. The van der Waals surface area contributed by atoms with Gasteiger partial charge in [0, 0.05) is 13.0 Å². The van der Waals surface area contributed by atoms with Gasteiger partial charge in [-0.15, -0.1) is 0 Å². The Morgan fingerprint density at radius 2 is 1.61 bits per heavy atom. The molecule has 0 bridgehead atoms. The number of ether oxygens (including phenoxy) is 1. The minimum Gasteiger partial charge on any atom is -0.480 e. The highest BCUT2D eigenvalue weighted by Crippen LogP contribution is 2.44. The van der Waals surface area contributed by atoms with E-state index in [-0.39, 0.29) is 12.5 Å². The number of carboxylic acid groups (broad SMARTS) is 1. The van der Waals surface area contributed by atoms with E-state index in [2.05, 4.69) is 17.4 Å². The minimum atomic E-state index is -1.40. The van der Waals surface area contributed by atoms with Crippen LogP contribution in [-0.4, -0.2) is 53.2 Å². The maximum absolute atomic E-state index is 13.0. The van der Waals surface area contributed by atoms with Gasteiger partial charge in [-0.1, -0.05) is 68.3 Å². The first kappa shape index (κ1) is 24.3. The van der Waals surface area contributed by atoms with E-state index >= 15 is 0 Å². The average Bonchev–Trinajstić information content (AvgIpc) is 3.13. The van der Waals surface area contributed by atoms with Crippen LogP contribution in [0.3, 0.4) is 0 Å². The summed E-state index contributed by atoms with van der Waals surface area (Å²) in [5, 5.41) is 12.1. The van der Waals surface area contributed by atoms with Crippen LogP contribution in [0.4, 0.5) is 4.79 Å². The summed E-state index contributed by atoms with van der Waals surface area (Å²) in [7, 11) is 1.44. The Morgan fingerprint density at radius 3 is 2.12 bits per heavy atom. The molecule has 0 fully saturated rings. The van der Waals surface area contributed by atoms with Crippen molar-refractivity contribution in [3.63, 3.8) is 0 Å². The number of likely N-dealkylation sites (N-methyl/N-ethyl adjacent to an activating group) is 1. The van der Waals surface area contributed by atoms with Gasteiger partial charge < -0.3 is 20.1 Å². The molecule has 7 heteroatoms. The molecule has 0 heterocycles. The Kier molecular flexibility index (Phi) is 7.41. The van der Waals surface area contributed by atoms with Crippen molar-refractivity contribution in [3.05, 3.63) is 59.7 Å². The first-order valence-corrected chi connectivity index (χ1v) is 11.3. The third-order valence-corrected chi connectivity index (χ3v) is 6.47. The summed E-state index contributed by atoms with van der Waals surface area (Å²) in [4.78, 5) is 38.4. The number of alkyl carbamates (subject to hydrolysis) is 1. The lowest BCUT2D eigenvalue weighted by Crippen LogP contribution is -2.57. The predicted octanol–water partition coefficient (Wildman–Crippen LogP) is 4.41. The summed E-state index contributed by atoms with van der Waals surface area (Å²) < 4.78 is 5.58. The fourth-order valence-electron chi connectivity index (χ4n) is 4.10. The second-order valence-corrected chi connectivity index (χ2v) is 8.93. The number of amides is 2. The number of carbonyl (C=O) groups excluding carboxylic acids is 2. The predicted molar refractivity (Wildman–Crippen MR) is 126 cm³/mol. The summed E-state index contributed by atoms with van der Waals surface area (Å²) in [6.45, 7) is 5.04. The van der Waals surface area contributed by atoms with Crippen LogP contribution in [0, 0.1) is 0 Å². The fraction of sp³-hybridized carbons (Fsp3) is 0.423. The number of hydrogen-bond donors (Lipinski definition) is 2. The highest BCUT2D eigenvalue weighted by atomic mass is 16.5. The van der Waals surface area contributed by atoms with Crippen LogP contribution >= 0.6 is 0 Å². The van der Waals surface area contributed by atoms with E-state index in [0.29, 0.717) is 12.8 Å². The Labute approximate surface area is 194 Å². The number of benzene rings is 2. The second-order valence-electron chi connectivity index (χ2n) is 8.93. The third-order valence-electron chi connectivity index (χ3n) is 6.47. The summed E-state index contributed by atoms with van der Waals surface area (Å²) in [6, 6.07) is 15.3. The van der Waals surface area contributed by atoms with E-state index in [1.807, 2.05) is 43.3 Å². The van der Waals surface area contributed by atoms with Crippen LogP contribution in [0.1, 0.15) is 57.1 Å². The molecule has 0 aromatic heterocycles. The van der Waals surface area contributed by atoms with Crippen molar-refractivity contribution in [2.75, 3.05) is 13.7 Å². The topological polar surface area (TPSA) is 95.9 Å². The highest BCUT2D eigenvalue weighted by Gasteiger charge is 2.38. The van der Waals surface area contributed by atoms with Crippen LogP contribution in [0.2, 0.25) is 0 Å². The molecule has 0 radical (unpaired) electrons. The minimum absolute atomic E-state index is 0.0819. The molecule has 0 saturated carbocycles. The highest BCUT2D eigenvalue weighted by molar-refractivity contribution is 5.90. The maximum Gasteiger partial charge on any atom is 0.407 e. The van der Waals surface area contributed by atoms with E-state index < -0.39 is 29.6 Å². The molecule has 2 aromatic carbocycles. The summed E-state index contributed by atoms with van der Waals surface area (Å²) >= 11 is 0. The number of aliphatic carboxylic acids is 1. The Morgan fingerprint density at radius 1 is 1.06 bits per heavy atom. The molecule has 2 aromatic rings. The number of carboxylic acids is 1. The van der Waals surface area contributed by atoms with Crippen LogP contribution in [0.5, 0.6) is 0 Å². The quantitative estimate of drug-likeness (QED) is 0.588. The maximum atomic E-state index is 13.0. The van der Waals surface area contributed by atoms with Crippen molar-refractivity contribution in [1.82, 2.24) is 10.2 Å². The lowest BCUT2D eigenvalue weighted by atomic mass is 9.98. The first-order valence-electron chi connectivity index (χ1n) is 11.3. The SMILES string of the molecule is CCCCC(NC(=O)OCC1c2ccccc2-c2ccccc21)C(=O)N(C)C(C)(C)C(=O)O. The number of unbranched alkanes of at least 4 members (excludes halogenated alkanes) is 1. The van der Waals surface area contributed by atoms with Gasteiger partial charge in [-0.05, 0) is 42.5 Å². The molecule has 0 spiro atoms. The summed E-state index contributed by atoms with van der Waals surface area (Å²) in [6.07, 6.45) is 1.26. The third kappa shape index (κ3) is 5.02. The number of rotatable bonds is 9. The van der Waals surface area contributed by atoms with Gasteiger partial charge in [-0.2, -0.15) is 0 Å². The number of nitrogens with zero attached hydrogens (tertiary/aromatic N) is 1. The van der Waals surface area contributed by atoms with Gasteiger partial charge in [-0.3, -0.25) is 4.79 Å². The van der Waals surface area contributed by atoms with Crippen LogP contribution in [-0.2, 0) is 14.3 Å². The average molecular weight is 453 g/mol. The van der Waals surface area contributed by atoms with Gasteiger partial charge in [0.25, 0.3) is 0 Å². The zero-order chi connectivity index (χ0) is 24.2. The van der Waals surface area contributed by atoms with E-state index in [4.69, 9.17) is 4.74 Å². The van der Waals surface area contributed by atoms with Gasteiger partial charge in [0.2, 0.25) is 5.91 Å². The van der Waals surface area contributed by atoms with Gasteiger partial charge in [0.05, 0.1) is 0 Å². The summed E-state index contributed by atoms with van der Waals surface area (Å²) in [5.41, 5.74) is 3.08. The fourth-order valence-corrected chi connectivity index (χ4v) is 4.10. The molecule has 1 atom stereocenters. The van der Waals surface area contributed by atoms with Crippen LogP contribution in [0.25, 0.3) is 11.1 Å². The van der Waals surface area contributed by atoms with Crippen LogP contribution < -0.4 is 5.32 Å². The monoisotopic (exact) mass is 452 g/mol. The standard InChI is InChI=1S/C26H32N2O5/c1-5-6-15-22(23(29)28(4)26(2,3)24(30)31)27-25(32)33-16-21-19-13-9-7-11-17(19)18-12-8-10-14-20(18)21/h7-14,21-22H,5-6,15-16H2,1-4H3,(H,27,32)(H,30,31). The molecule has 2 N–H and O–H groups in total. The zero-order valence-electron chi connectivity index (χ0n) is 19.6. The number of fused-ring (bicyclic) bond motifs is 3. The van der Waals surface area contributed by atoms with Gasteiger partial charge >= 0.3 is 12.1 Å². The van der Waals surface area contributed by atoms with Crippen LogP contribution in [0.15, 0.2) is 48.5 Å². The molecule has 2 amide bonds. The van der Waals surface area contributed by atoms with Gasteiger partial charge in [0.1, 0.15) is 18.2 Å². The Hall–Kier alpha value is -3.35. The zero-order valence-corrected chi connectivity index (χ0v) is 19.6. The Bertz CT molecular complexity index is 987. The van der Waals surface area contributed by atoms with E-state index in [1.54, 1.807) is 0 Å². The molecule has 0 aliphatic heterocycles. The van der Waals surface area contributed by atoms with E-state index in [1.165, 1.54) is 25.8 Å². The van der Waals surface area contributed by atoms with Crippen molar-refractivity contribution >= 4 is 18.0 Å². The lowest BCUT2D eigenvalue weighted by molar-refractivity contribution is -0.156. The number of carbonyl (C=O) groups is 3. The largest absolute Gasteiger partial charge is 0.480 e.